The average molecular weight is 665 g/mol. The Morgan fingerprint density at radius 2 is 1.41 bits per heavy atom. The zero-order valence-electron chi connectivity index (χ0n) is 27.8. The number of alkyl carbamates (subject to hydrolysis) is 1. The van der Waals surface area contributed by atoms with Gasteiger partial charge in [0.05, 0.1) is 18.7 Å². The Labute approximate surface area is 287 Å². The Balaban J connectivity index is 1.38. The third-order valence-corrected chi connectivity index (χ3v) is 8.62. The molecule has 10 heteroatoms. The zero-order valence-corrected chi connectivity index (χ0v) is 27.8. The van der Waals surface area contributed by atoms with Crippen LogP contribution < -0.4 is 16.1 Å². The van der Waals surface area contributed by atoms with Crippen LogP contribution in [0.2, 0.25) is 0 Å². The zero-order chi connectivity index (χ0) is 34.8. The van der Waals surface area contributed by atoms with E-state index < -0.39 is 41.7 Å². The average Bonchev–Trinajstić information content (AvgIpc) is 3.41. The molecule has 5 N–H and O–H groups in total. The molecule has 1 aliphatic rings. The number of hydrazine groups is 1. The smallest absolute Gasteiger partial charge is 0.408 e. The van der Waals surface area contributed by atoms with Gasteiger partial charge >= 0.3 is 6.09 Å². The summed E-state index contributed by atoms with van der Waals surface area (Å²) in [6.45, 7) is 3.48. The predicted molar refractivity (Wildman–Crippen MR) is 186 cm³/mol. The van der Waals surface area contributed by atoms with E-state index in [-0.39, 0.29) is 32.0 Å². The van der Waals surface area contributed by atoms with Gasteiger partial charge in [-0.15, -0.1) is 0 Å². The third kappa shape index (κ3) is 9.54. The summed E-state index contributed by atoms with van der Waals surface area (Å²) < 4.78 is 5.38. The second-order valence-corrected chi connectivity index (χ2v) is 12.9. The van der Waals surface area contributed by atoms with Crippen molar-refractivity contribution in [2.24, 2.45) is 5.92 Å². The fourth-order valence-corrected chi connectivity index (χ4v) is 6.07. The van der Waals surface area contributed by atoms with E-state index in [9.17, 15) is 24.6 Å². The molecule has 0 unspecified atom stereocenters. The Hall–Kier alpha value is -5.03. The van der Waals surface area contributed by atoms with Crippen molar-refractivity contribution in [2.45, 2.75) is 63.6 Å². The molecule has 4 atom stereocenters. The van der Waals surface area contributed by atoms with Crippen LogP contribution in [0.15, 0.2) is 115 Å². The topological polar surface area (TPSA) is 140 Å². The number of nitrogens with zero attached hydrogens (tertiary/aromatic N) is 1. The van der Waals surface area contributed by atoms with Crippen LogP contribution in [0.4, 0.5) is 4.79 Å². The molecule has 0 bridgehead atoms. The molecule has 0 saturated heterocycles. The van der Waals surface area contributed by atoms with Crippen LogP contribution in [0.25, 0.3) is 0 Å². The molecule has 0 heterocycles. The van der Waals surface area contributed by atoms with Crippen molar-refractivity contribution in [1.82, 2.24) is 21.1 Å². The number of aliphatic hydroxyl groups is 2. The van der Waals surface area contributed by atoms with Crippen molar-refractivity contribution in [3.05, 3.63) is 143 Å². The number of aliphatic hydroxyl groups excluding tert-OH is 1. The molecule has 256 valence electrons. The number of nitrogens with one attached hydrogen (secondary N) is 3. The SMILES string of the molecule is CC(C)[C@H](NC(=O)OCc1ccccc1)C(=O)NN(Cc1ccccc1)C[C@@](O)(Cc1ccccc1)C(=O)N[C@H]1c2ccccc2C[C@H]1O. The van der Waals surface area contributed by atoms with Gasteiger partial charge in [0, 0.05) is 19.4 Å². The maximum atomic E-state index is 14.1. The summed E-state index contributed by atoms with van der Waals surface area (Å²) in [7, 11) is 0. The van der Waals surface area contributed by atoms with Crippen LogP contribution in [-0.4, -0.2) is 57.4 Å². The first kappa shape index (κ1) is 35.3. The molecule has 49 heavy (non-hydrogen) atoms. The van der Waals surface area contributed by atoms with Gasteiger partial charge < -0.3 is 25.6 Å². The van der Waals surface area contributed by atoms with Gasteiger partial charge in [-0.05, 0) is 33.7 Å². The first-order valence-electron chi connectivity index (χ1n) is 16.5. The summed E-state index contributed by atoms with van der Waals surface area (Å²) in [6.07, 6.45) is -1.29. The lowest BCUT2D eigenvalue weighted by Crippen LogP contribution is -2.61. The standard InChI is InChI=1S/C39H44N4O6/c1-27(2)34(41-38(47)49-25-30-18-10-5-11-19-30)36(45)42-43(24-29-16-8-4-9-17-29)26-39(48,23-28-14-6-3-7-15-28)37(46)40-35-32-21-13-12-20-31(32)22-33(35)44/h3-21,27,33-35,44,48H,22-26H2,1-2H3,(H,40,46)(H,41,47)(H,42,45)/t33-,34+,35+,39+/m1/s1. The van der Waals surface area contributed by atoms with Crippen LogP contribution in [0.3, 0.4) is 0 Å². The summed E-state index contributed by atoms with van der Waals surface area (Å²) in [4.78, 5) is 40.7. The van der Waals surface area contributed by atoms with Crippen LogP contribution in [0, 0.1) is 5.92 Å². The molecule has 1 aliphatic carbocycles. The predicted octanol–water partition coefficient (Wildman–Crippen LogP) is 4.22. The highest BCUT2D eigenvalue weighted by Gasteiger charge is 2.42. The van der Waals surface area contributed by atoms with Gasteiger partial charge in [0.25, 0.3) is 11.8 Å². The molecule has 3 amide bonds. The second-order valence-electron chi connectivity index (χ2n) is 12.9. The molecule has 10 nitrogen and oxygen atoms in total. The number of carbonyl (C=O) groups excluding carboxylic acids is 3. The minimum Gasteiger partial charge on any atom is -0.445 e. The van der Waals surface area contributed by atoms with E-state index in [1.54, 1.807) is 13.8 Å². The number of benzene rings is 4. The Kier molecular flexibility index (Phi) is 11.8. The van der Waals surface area contributed by atoms with E-state index in [1.807, 2.05) is 115 Å². The van der Waals surface area contributed by atoms with E-state index in [4.69, 9.17) is 4.74 Å². The highest BCUT2D eigenvalue weighted by Crippen LogP contribution is 2.32. The lowest BCUT2D eigenvalue weighted by molar-refractivity contribution is -0.147. The van der Waals surface area contributed by atoms with Gasteiger partial charge in [0.1, 0.15) is 12.6 Å². The van der Waals surface area contributed by atoms with E-state index in [0.717, 1.165) is 22.3 Å². The van der Waals surface area contributed by atoms with Gasteiger partial charge in [-0.25, -0.2) is 9.80 Å². The van der Waals surface area contributed by atoms with Gasteiger partial charge in [-0.3, -0.25) is 15.0 Å². The van der Waals surface area contributed by atoms with E-state index in [1.165, 1.54) is 5.01 Å². The van der Waals surface area contributed by atoms with Crippen molar-refractivity contribution in [2.75, 3.05) is 6.54 Å². The number of hydrogen-bond donors (Lipinski definition) is 5. The number of amides is 3. The van der Waals surface area contributed by atoms with Gasteiger partial charge in [0.2, 0.25) is 0 Å². The van der Waals surface area contributed by atoms with Crippen molar-refractivity contribution < 1.29 is 29.3 Å². The third-order valence-electron chi connectivity index (χ3n) is 8.62. The van der Waals surface area contributed by atoms with E-state index in [2.05, 4.69) is 16.1 Å². The maximum Gasteiger partial charge on any atom is 0.408 e. The number of ether oxygens (including phenoxy) is 1. The molecule has 5 rings (SSSR count). The molecular formula is C39H44N4O6. The summed E-state index contributed by atoms with van der Waals surface area (Å²) in [5.41, 5.74) is 4.89. The van der Waals surface area contributed by atoms with Crippen molar-refractivity contribution in [3.63, 3.8) is 0 Å². The fourth-order valence-electron chi connectivity index (χ4n) is 6.07. The van der Waals surface area contributed by atoms with E-state index >= 15 is 0 Å². The number of rotatable bonds is 14. The maximum absolute atomic E-state index is 14.1. The number of carbonyl (C=O) groups is 3. The van der Waals surface area contributed by atoms with Crippen molar-refractivity contribution in [3.8, 4) is 0 Å². The molecular weight excluding hydrogens is 620 g/mol. The van der Waals surface area contributed by atoms with Gasteiger partial charge in [-0.1, -0.05) is 129 Å². The molecule has 4 aromatic carbocycles. The fraction of sp³-hybridized carbons (Fsp3) is 0.308. The first-order valence-corrected chi connectivity index (χ1v) is 16.5. The summed E-state index contributed by atoms with van der Waals surface area (Å²) in [5, 5.41) is 30.3. The second kappa shape index (κ2) is 16.4. The molecule has 0 aliphatic heterocycles. The highest BCUT2D eigenvalue weighted by atomic mass is 16.5. The number of hydrogen-bond acceptors (Lipinski definition) is 7. The molecule has 4 aromatic rings. The minimum absolute atomic E-state index is 0.0427. The minimum atomic E-state index is -2.05. The van der Waals surface area contributed by atoms with Gasteiger partial charge in [0.15, 0.2) is 5.60 Å². The Morgan fingerprint density at radius 1 is 0.837 bits per heavy atom. The Morgan fingerprint density at radius 3 is 2.04 bits per heavy atom. The quantitative estimate of drug-likeness (QED) is 0.127. The van der Waals surface area contributed by atoms with Crippen LogP contribution >= 0.6 is 0 Å². The highest BCUT2D eigenvalue weighted by molar-refractivity contribution is 5.87. The summed E-state index contributed by atoms with van der Waals surface area (Å²) >= 11 is 0. The summed E-state index contributed by atoms with van der Waals surface area (Å²) in [5.74, 6) is -1.55. The molecule has 0 saturated carbocycles. The van der Waals surface area contributed by atoms with Crippen LogP contribution in [0.5, 0.6) is 0 Å². The molecule has 0 aromatic heterocycles. The number of fused-ring (bicyclic) bond motifs is 1. The van der Waals surface area contributed by atoms with Crippen molar-refractivity contribution >= 4 is 17.9 Å². The van der Waals surface area contributed by atoms with Crippen LogP contribution in [0.1, 0.15) is 47.7 Å². The molecule has 0 spiro atoms. The molecule has 0 radical (unpaired) electrons. The van der Waals surface area contributed by atoms with Gasteiger partial charge in [-0.2, -0.15) is 0 Å². The van der Waals surface area contributed by atoms with Crippen LogP contribution in [-0.2, 0) is 40.3 Å². The largest absolute Gasteiger partial charge is 0.445 e. The first-order chi connectivity index (χ1) is 23.6. The van der Waals surface area contributed by atoms with Crippen molar-refractivity contribution in [1.29, 1.82) is 0 Å². The Bertz CT molecular complexity index is 1690. The van der Waals surface area contributed by atoms with E-state index in [0.29, 0.717) is 12.0 Å². The molecule has 0 fully saturated rings. The normalized spacial score (nSPS) is 17.1. The lowest BCUT2D eigenvalue weighted by Gasteiger charge is -2.36. The lowest BCUT2D eigenvalue weighted by atomic mass is 9.92. The monoisotopic (exact) mass is 664 g/mol. The summed E-state index contributed by atoms with van der Waals surface area (Å²) in [6, 6.07) is 33.5.